The SMILES string of the molecule is C[C@@H](CC(=O)N[C@@H]1CCCc2cc(CN3CCCCC3)ccc21)NS(=O)(=O)c1cccc(-c2ccccc2)c1. The Morgan fingerprint density at radius 2 is 1.69 bits per heavy atom. The maximum absolute atomic E-state index is 13.1. The molecule has 0 aromatic heterocycles. The first-order valence-corrected chi connectivity index (χ1v) is 15.7. The molecule has 5 rings (SSSR count). The van der Waals surface area contributed by atoms with Crippen molar-refractivity contribution in [3.63, 3.8) is 0 Å². The Hall–Kier alpha value is -3.00. The number of likely N-dealkylation sites (tertiary alicyclic amines) is 1. The molecule has 1 saturated heterocycles. The van der Waals surface area contributed by atoms with Gasteiger partial charge in [0.05, 0.1) is 10.9 Å². The predicted octanol–water partition coefficient (Wildman–Crippen LogP) is 5.59. The van der Waals surface area contributed by atoms with Gasteiger partial charge in [0, 0.05) is 19.0 Å². The molecular weight excluding hydrogens is 506 g/mol. The van der Waals surface area contributed by atoms with Crippen LogP contribution in [0.3, 0.4) is 0 Å². The van der Waals surface area contributed by atoms with Crippen molar-refractivity contribution in [2.45, 2.75) is 75.4 Å². The van der Waals surface area contributed by atoms with Crippen LogP contribution in [0.25, 0.3) is 11.1 Å². The number of sulfonamides is 1. The molecule has 3 aromatic rings. The highest BCUT2D eigenvalue weighted by Gasteiger charge is 2.25. The minimum absolute atomic E-state index is 0.0309. The smallest absolute Gasteiger partial charge is 0.240 e. The molecule has 1 fully saturated rings. The largest absolute Gasteiger partial charge is 0.349 e. The van der Waals surface area contributed by atoms with Crippen molar-refractivity contribution in [1.82, 2.24) is 14.9 Å². The van der Waals surface area contributed by atoms with E-state index in [9.17, 15) is 13.2 Å². The van der Waals surface area contributed by atoms with Gasteiger partial charge in [0.15, 0.2) is 0 Å². The van der Waals surface area contributed by atoms with Crippen LogP contribution in [0.1, 0.15) is 68.2 Å². The minimum Gasteiger partial charge on any atom is -0.349 e. The van der Waals surface area contributed by atoms with E-state index in [1.54, 1.807) is 25.1 Å². The highest BCUT2D eigenvalue weighted by atomic mass is 32.2. The van der Waals surface area contributed by atoms with Crippen molar-refractivity contribution in [2.24, 2.45) is 0 Å². The van der Waals surface area contributed by atoms with E-state index in [0.717, 1.165) is 36.9 Å². The average molecular weight is 546 g/mol. The Balaban J connectivity index is 1.18. The quantitative estimate of drug-likeness (QED) is 0.367. The monoisotopic (exact) mass is 545 g/mol. The number of hydrogen-bond acceptors (Lipinski definition) is 4. The van der Waals surface area contributed by atoms with Crippen LogP contribution in [0.4, 0.5) is 0 Å². The lowest BCUT2D eigenvalue weighted by Gasteiger charge is -2.29. The maximum Gasteiger partial charge on any atom is 0.240 e. The van der Waals surface area contributed by atoms with E-state index in [1.165, 1.54) is 49.0 Å². The van der Waals surface area contributed by atoms with Gasteiger partial charge in [-0.2, -0.15) is 0 Å². The molecule has 1 heterocycles. The first-order chi connectivity index (χ1) is 18.9. The highest BCUT2D eigenvalue weighted by molar-refractivity contribution is 7.89. The van der Waals surface area contributed by atoms with E-state index < -0.39 is 16.1 Å². The van der Waals surface area contributed by atoms with Gasteiger partial charge in [-0.15, -0.1) is 0 Å². The third kappa shape index (κ3) is 7.15. The van der Waals surface area contributed by atoms with Crippen molar-refractivity contribution < 1.29 is 13.2 Å². The van der Waals surface area contributed by atoms with Gasteiger partial charge in [-0.25, -0.2) is 13.1 Å². The molecule has 6 nitrogen and oxygen atoms in total. The number of rotatable bonds is 9. The Kier molecular flexibility index (Phi) is 8.80. The minimum atomic E-state index is -3.77. The topological polar surface area (TPSA) is 78.5 Å². The molecule has 7 heteroatoms. The number of carbonyl (C=O) groups excluding carboxylic acids is 1. The summed E-state index contributed by atoms with van der Waals surface area (Å²) in [6, 6.07) is 22.7. The van der Waals surface area contributed by atoms with Gasteiger partial charge in [-0.05, 0) is 92.1 Å². The number of benzene rings is 3. The fourth-order valence-corrected chi connectivity index (χ4v) is 7.16. The van der Waals surface area contributed by atoms with Gasteiger partial charge in [0.1, 0.15) is 0 Å². The van der Waals surface area contributed by atoms with E-state index in [0.29, 0.717) is 0 Å². The maximum atomic E-state index is 13.1. The molecule has 1 aliphatic heterocycles. The summed E-state index contributed by atoms with van der Waals surface area (Å²) in [5.41, 5.74) is 5.66. The van der Waals surface area contributed by atoms with Crippen LogP contribution < -0.4 is 10.0 Å². The molecule has 39 heavy (non-hydrogen) atoms. The molecule has 0 spiro atoms. The number of nitrogens with one attached hydrogen (secondary N) is 2. The molecule has 1 aliphatic carbocycles. The lowest BCUT2D eigenvalue weighted by molar-refractivity contribution is -0.122. The molecule has 2 atom stereocenters. The van der Waals surface area contributed by atoms with Crippen LogP contribution in [0, 0.1) is 0 Å². The van der Waals surface area contributed by atoms with Gasteiger partial charge >= 0.3 is 0 Å². The molecule has 0 saturated carbocycles. The van der Waals surface area contributed by atoms with Gasteiger partial charge in [0.2, 0.25) is 15.9 Å². The third-order valence-electron chi connectivity index (χ3n) is 7.81. The Morgan fingerprint density at radius 1 is 0.923 bits per heavy atom. The average Bonchev–Trinajstić information content (AvgIpc) is 2.94. The summed E-state index contributed by atoms with van der Waals surface area (Å²) >= 11 is 0. The summed E-state index contributed by atoms with van der Waals surface area (Å²) in [5.74, 6) is -0.140. The molecule has 3 aromatic carbocycles. The third-order valence-corrected chi connectivity index (χ3v) is 9.40. The summed E-state index contributed by atoms with van der Waals surface area (Å²) in [6.07, 6.45) is 6.96. The summed E-state index contributed by atoms with van der Waals surface area (Å²) in [7, 11) is -3.77. The molecule has 206 valence electrons. The van der Waals surface area contributed by atoms with Crippen LogP contribution >= 0.6 is 0 Å². The van der Waals surface area contributed by atoms with E-state index in [1.807, 2.05) is 36.4 Å². The zero-order valence-corrected chi connectivity index (χ0v) is 23.6. The molecule has 2 aliphatic rings. The van der Waals surface area contributed by atoms with Crippen LogP contribution in [0.2, 0.25) is 0 Å². The second-order valence-electron chi connectivity index (χ2n) is 11.0. The second-order valence-corrected chi connectivity index (χ2v) is 12.7. The molecule has 0 radical (unpaired) electrons. The molecule has 1 amide bonds. The van der Waals surface area contributed by atoms with Gasteiger partial charge < -0.3 is 5.32 Å². The molecule has 0 unspecified atom stereocenters. The Labute approximate surface area is 232 Å². The number of fused-ring (bicyclic) bond motifs is 1. The standard InChI is InChI=1S/C32H39N3O3S/c1-24(34-39(37,38)29-14-8-12-27(22-29)26-10-4-2-5-11-26)20-32(36)33-31-15-9-13-28-21-25(16-17-30(28)31)23-35-18-6-3-7-19-35/h2,4-5,8,10-12,14,16-17,21-22,24,31,34H,3,6-7,9,13,15,18-20,23H2,1H3,(H,33,36)/t24-,31+/m0/s1. The lowest BCUT2D eigenvalue weighted by atomic mass is 9.86. The number of carbonyl (C=O) groups is 1. The molecule has 0 bridgehead atoms. The summed E-state index contributed by atoms with van der Waals surface area (Å²) in [5, 5.41) is 3.18. The fourth-order valence-electron chi connectivity index (χ4n) is 5.87. The van der Waals surface area contributed by atoms with E-state index >= 15 is 0 Å². The van der Waals surface area contributed by atoms with Crippen molar-refractivity contribution in [2.75, 3.05) is 13.1 Å². The second kappa shape index (κ2) is 12.5. The van der Waals surface area contributed by atoms with E-state index in [2.05, 4.69) is 33.1 Å². The van der Waals surface area contributed by atoms with Gasteiger partial charge in [0.25, 0.3) is 0 Å². The van der Waals surface area contributed by atoms with Crippen molar-refractivity contribution >= 4 is 15.9 Å². The summed E-state index contributed by atoms with van der Waals surface area (Å²) < 4.78 is 28.9. The van der Waals surface area contributed by atoms with Crippen LogP contribution in [0.5, 0.6) is 0 Å². The Bertz CT molecular complexity index is 1380. The van der Waals surface area contributed by atoms with Crippen molar-refractivity contribution in [1.29, 1.82) is 0 Å². The normalized spacial score (nSPS) is 18.7. The number of amides is 1. The first kappa shape index (κ1) is 27.6. The number of piperidine rings is 1. The predicted molar refractivity (Wildman–Crippen MR) is 156 cm³/mol. The summed E-state index contributed by atoms with van der Waals surface area (Å²) in [4.78, 5) is 15.7. The first-order valence-electron chi connectivity index (χ1n) is 14.2. The zero-order chi connectivity index (χ0) is 27.2. The van der Waals surface area contributed by atoms with E-state index in [-0.39, 0.29) is 23.3 Å². The van der Waals surface area contributed by atoms with Crippen LogP contribution in [-0.4, -0.2) is 38.4 Å². The zero-order valence-electron chi connectivity index (χ0n) is 22.7. The number of aryl methyl sites for hydroxylation is 1. The molecule has 2 N–H and O–H groups in total. The van der Waals surface area contributed by atoms with Crippen molar-refractivity contribution in [3.8, 4) is 11.1 Å². The number of nitrogens with zero attached hydrogens (tertiary/aromatic N) is 1. The Morgan fingerprint density at radius 3 is 2.49 bits per heavy atom. The lowest BCUT2D eigenvalue weighted by Crippen LogP contribution is -2.39. The van der Waals surface area contributed by atoms with Crippen molar-refractivity contribution in [3.05, 3.63) is 89.5 Å². The van der Waals surface area contributed by atoms with Crippen LogP contribution in [-0.2, 0) is 27.8 Å². The molecular formula is C32H39N3O3S. The fraction of sp³-hybridized carbons (Fsp3) is 0.406. The van der Waals surface area contributed by atoms with Crippen LogP contribution in [0.15, 0.2) is 77.7 Å². The summed E-state index contributed by atoms with van der Waals surface area (Å²) in [6.45, 7) is 5.09. The van der Waals surface area contributed by atoms with E-state index in [4.69, 9.17) is 0 Å². The van der Waals surface area contributed by atoms with Gasteiger partial charge in [-0.3, -0.25) is 9.69 Å². The van der Waals surface area contributed by atoms with Gasteiger partial charge in [-0.1, -0.05) is 67.1 Å². The number of hydrogen-bond donors (Lipinski definition) is 2. The highest BCUT2D eigenvalue weighted by Crippen LogP contribution is 2.31.